The molecule has 0 aliphatic carbocycles. The Morgan fingerprint density at radius 1 is 1.75 bits per heavy atom. The highest BCUT2D eigenvalue weighted by Gasteiger charge is 2.37. The van der Waals surface area contributed by atoms with Crippen LogP contribution in [0.2, 0.25) is 0 Å². The largest absolute Gasteiger partial charge is 0.394 e. The molecule has 12 heavy (non-hydrogen) atoms. The van der Waals surface area contributed by atoms with Crippen LogP contribution >= 0.6 is 0 Å². The van der Waals surface area contributed by atoms with E-state index in [-0.39, 0.29) is 12.1 Å². The van der Waals surface area contributed by atoms with Crippen molar-refractivity contribution in [2.24, 2.45) is 0 Å². The summed E-state index contributed by atoms with van der Waals surface area (Å²) in [5.74, 6) is 2.56. The summed E-state index contributed by atoms with van der Waals surface area (Å²) in [6, 6.07) is 0. The van der Waals surface area contributed by atoms with Gasteiger partial charge in [-0.15, -0.1) is 6.42 Å². The molecule has 1 heterocycles. The molecule has 0 spiro atoms. The van der Waals surface area contributed by atoms with Crippen LogP contribution in [0.1, 0.15) is 6.42 Å². The molecule has 0 aromatic carbocycles. The van der Waals surface area contributed by atoms with Crippen LogP contribution < -0.4 is 0 Å². The SMILES string of the molecule is C#CCN(C)C1(CO)CCOC1. The lowest BCUT2D eigenvalue weighted by Crippen LogP contribution is -2.50. The van der Waals surface area contributed by atoms with Gasteiger partial charge in [-0.05, 0) is 13.5 Å². The first kappa shape index (κ1) is 9.53. The van der Waals surface area contributed by atoms with Crippen molar-refractivity contribution in [2.75, 3.05) is 33.4 Å². The first-order valence-corrected chi connectivity index (χ1v) is 4.08. The molecule has 0 aromatic rings. The van der Waals surface area contributed by atoms with Gasteiger partial charge in [0.2, 0.25) is 0 Å². The number of hydrogen-bond donors (Lipinski definition) is 1. The Hall–Kier alpha value is -0.560. The Balaban J connectivity index is 2.60. The maximum atomic E-state index is 9.22. The molecule has 68 valence electrons. The lowest BCUT2D eigenvalue weighted by atomic mass is 9.98. The molecule has 1 saturated heterocycles. The average Bonchev–Trinajstić information content (AvgIpc) is 2.54. The van der Waals surface area contributed by atoms with E-state index in [0.717, 1.165) is 13.0 Å². The number of ether oxygens (including phenoxy) is 1. The summed E-state index contributed by atoms with van der Waals surface area (Å²) in [6.45, 7) is 1.98. The van der Waals surface area contributed by atoms with Crippen molar-refractivity contribution >= 4 is 0 Å². The fourth-order valence-electron chi connectivity index (χ4n) is 1.45. The maximum Gasteiger partial charge on any atom is 0.0702 e. The fraction of sp³-hybridized carbons (Fsp3) is 0.778. The summed E-state index contributed by atoms with van der Waals surface area (Å²) in [6.07, 6.45) is 6.06. The summed E-state index contributed by atoms with van der Waals surface area (Å²) >= 11 is 0. The monoisotopic (exact) mass is 169 g/mol. The number of nitrogens with zero attached hydrogens (tertiary/aromatic N) is 1. The molecule has 1 rings (SSSR count). The average molecular weight is 169 g/mol. The lowest BCUT2D eigenvalue weighted by Gasteiger charge is -2.34. The minimum Gasteiger partial charge on any atom is -0.394 e. The fourth-order valence-corrected chi connectivity index (χ4v) is 1.45. The van der Waals surface area contributed by atoms with E-state index in [1.165, 1.54) is 0 Å². The number of rotatable bonds is 3. The van der Waals surface area contributed by atoms with Crippen LogP contribution in [0.15, 0.2) is 0 Å². The highest BCUT2D eigenvalue weighted by atomic mass is 16.5. The lowest BCUT2D eigenvalue weighted by molar-refractivity contribution is 0.0447. The third kappa shape index (κ3) is 1.61. The molecule has 3 nitrogen and oxygen atoms in total. The Labute approximate surface area is 73.3 Å². The van der Waals surface area contributed by atoms with Crippen LogP contribution in [0, 0.1) is 12.3 Å². The molecule has 1 unspecified atom stereocenters. The van der Waals surface area contributed by atoms with E-state index in [2.05, 4.69) is 5.92 Å². The van der Waals surface area contributed by atoms with Gasteiger partial charge in [0.15, 0.2) is 0 Å². The standard InChI is InChI=1S/C9H15NO2/c1-3-5-10(2)9(7-11)4-6-12-8-9/h1,11H,4-8H2,2H3. The van der Waals surface area contributed by atoms with Gasteiger partial charge in [-0.2, -0.15) is 0 Å². The van der Waals surface area contributed by atoms with E-state index < -0.39 is 0 Å². The summed E-state index contributed by atoms with van der Waals surface area (Å²) in [5, 5.41) is 9.22. The van der Waals surface area contributed by atoms with Crippen LogP contribution in [-0.2, 0) is 4.74 Å². The maximum absolute atomic E-state index is 9.22. The van der Waals surface area contributed by atoms with Crippen LogP contribution in [-0.4, -0.2) is 49.0 Å². The van der Waals surface area contributed by atoms with E-state index in [0.29, 0.717) is 13.2 Å². The van der Waals surface area contributed by atoms with Crippen LogP contribution in [0.3, 0.4) is 0 Å². The van der Waals surface area contributed by atoms with Gasteiger partial charge in [0.25, 0.3) is 0 Å². The van der Waals surface area contributed by atoms with E-state index in [9.17, 15) is 5.11 Å². The number of aliphatic hydroxyl groups excluding tert-OH is 1. The van der Waals surface area contributed by atoms with Crippen molar-refractivity contribution < 1.29 is 9.84 Å². The second kappa shape index (κ2) is 3.90. The zero-order valence-electron chi connectivity index (χ0n) is 7.42. The van der Waals surface area contributed by atoms with Gasteiger partial charge < -0.3 is 9.84 Å². The quantitative estimate of drug-likeness (QED) is 0.589. The molecule has 1 aliphatic heterocycles. The first-order chi connectivity index (χ1) is 5.75. The van der Waals surface area contributed by atoms with Crippen molar-refractivity contribution in [1.29, 1.82) is 0 Å². The highest BCUT2D eigenvalue weighted by Crippen LogP contribution is 2.23. The second-order valence-electron chi connectivity index (χ2n) is 3.25. The minimum absolute atomic E-state index is 0.116. The summed E-state index contributed by atoms with van der Waals surface area (Å²) in [7, 11) is 1.92. The Bertz CT molecular complexity index is 179. The molecule has 3 heteroatoms. The number of hydrogen-bond acceptors (Lipinski definition) is 3. The molecule has 1 fully saturated rings. The molecule has 1 aliphatic rings. The molecule has 0 saturated carbocycles. The number of terminal acetylenes is 1. The smallest absolute Gasteiger partial charge is 0.0702 e. The van der Waals surface area contributed by atoms with Gasteiger partial charge in [0, 0.05) is 6.61 Å². The van der Waals surface area contributed by atoms with Gasteiger partial charge in [0.1, 0.15) is 0 Å². The van der Waals surface area contributed by atoms with E-state index in [1.54, 1.807) is 0 Å². The zero-order chi connectivity index (χ0) is 9.03. The van der Waals surface area contributed by atoms with Crippen molar-refractivity contribution in [3.05, 3.63) is 0 Å². The Morgan fingerprint density at radius 3 is 2.92 bits per heavy atom. The van der Waals surface area contributed by atoms with Crippen LogP contribution in [0.5, 0.6) is 0 Å². The molecule has 0 amide bonds. The van der Waals surface area contributed by atoms with Gasteiger partial charge in [-0.3, -0.25) is 4.90 Å². The van der Waals surface area contributed by atoms with Gasteiger partial charge in [0.05, 0.1) is 25.3 Å². The minimum atomic E-state index is -0.230. The Morgan fingerprint density at radius 2 is 2.50 bits per heavy atom. The molecule has 0 radical (unpaired) electrons. The van der Waals surface area contributed by atoms with Crippen molar-refractivity contribution in [3.63, 3.8) is 0 Å². The predicted molar refractivity (Wildman–Crippen MR) is 46.7 cm³/mol. The van der Waals surface area contributed by atoms with Gasteiger partial charge in [-0.1, -0.05) is 5.92 Å². The van der Waals surface area contributed by atoms with E-state index in [1.807, 2.05) is 11.9 Å². The number of likely N-dealkylation sites (N-methyl/N-ethyl adjacent to an activating group) is 1. The van der Waals surface area contributed by atoms with Crippen LogP contribution in [0.25, 0.3) is 0 Å². The summed E-state index contributed by atoms with van der Waals surface area (Å²) in [4.78, 5) is 1.99. The molecule has 1 atom stereocenters. The molecule has 1 N–H and O–H groups in total. The molecule has 0 bridgehead atoms. The van der Waals surface area contributed by atoms with E-state index in [4.69, 9.17) is 11.2 Å². The van der Waals surface area contributed by atoms with E-state index >= 15 is 0 Å². The third-order valence-corrected chi connectivity index (χ3v) is 2.52. The van der Waals surface area contributed by atoms with Crippen molar-refractivity contribution in [2.45, 2.75) is 12.0 Å². The first-order valence-electron chi connectivity index (χ1n) is 4.08. The third-order valence-electron chi connectivity index (χ3n) is 2.52. The van der Waals surface area contributed by atoms with Crippen LogP contribution in [0.4, 0.5) is 0 Å². The van der Waals surface area contributed by atoms with Gasteiger partial charge >= 0.3 is 0 Å². The molecule has 0 aromatic heterocycles. The predicted octanol–water partition coefficient (Wildman–Crippen LogP) is -0.297. The van der Waals surface area contributed by atoms with Crippen molar-refractivity contribution in [1.82, 2.24) is 4.90 Å². The number of aliphatic hydroxyl groups is 1. The topological polar surface area (TPSA) is 32.7 Å². The second-order valence-corrected chi connectivity index (χ2v) is 3.25. The molecular formula is C9H15NO2. The Kier molecular flexibility index (Phi) is 3.10. The summed E-state index contributed by atoms with van der Waals surface area (Å²) in [5.41, 5.74) is -0.230. The summed E-state index contributed by atoms with van der Waals surface area (Å²) < 4.78 is 5.25. The van der Waals surface area contributed by atoms with Gasteiger partial charge in [-0.25, -0.2) is 0 Å². The normalized spacial score (nSPS) is 29.2. The van der Waals surface area contributed by atoms with Crippen molar-refractivity contribution in [3.8, 4) is 12.3 Å². The molecular weight excluding hydrogens is 154 g/mol. The zero-order valence-corrected chi connectivity index (χ0v) is 7.42. The highest BCUT2D eigenvalue weighted by molar-refractivity contribution is 4.98.